The summed E-state index contributed by atoms with van der Waals surface area (Å²) in [5, 5.41) is 18.5. The quantitative estimate of drug-likeness (QED) is 0.375. The fourth-order valence-corrected chi connectivity index (χ4v) is 2.58. The normalized spacial score (nSPS) is 11.8. The number of terminal acetylenes is 1. The van der Waals surface area contributed by atoms with Crippen molar-refractivity contribution < 1.29 is 4.74 Å². The highest BCUT2D eigenvalue weighted by molar-refractivity contribution is 5.76. The number of hydrogen-bond acceptors (Lipinski definition) is 6. The third kappa shape index (κ3) is 4.43. The van der Waals surface area contributed by atoms with Gasteiger partial charge >= 0.3 is 0 Å². The van der Waals surface area contributed by atoms with Crippen LogP contribution in [0.3, 0.4) is 0 Å². The molecule has 7 heteroatoms. The number of allylic oxidation sites excluding steroid dienone is 4. The zero-order valence-corrected chi connectivity index (χ0v) is 15.7. The van der Waals surface area contributed by atoms with Gasteiger partial charge in [-0.1, -0.05) is 42.5 Å². The monoisotopic (exact) mass is 372 g/mol. The van der Waals surface area contributed by atoms with Gasteiger partial charge in [0.25, 0.3) is 0 Å². The molecule has 2 N–H and O–H groups in total. The van der Waals surface area contributed by atoms with Gasteiger partial charge in [-0.25, -0.2) is 4.98 Å². The van der Waals surface area contributed by atoms with E-state index in [1.807, 2.05) is 55.5 Å². The van der Waals surface area contributed by atoms with Gasteiger partial charge in [0.2, 0.25) is 5.95 Å². The Labute approximate surface area is 163 Å². The highest BCUT2D eigenvalue weighted by Crippen LogP contribution is 2.20. The Balaban J connectivity index is 1.76. The van der Waals surface area contributed by atoms with Crippen molar-refractivity contribution >= 4 is 11.5 Å². The number of nitrogens with zero attached hydrogens (tertiary/aromatic N) is 4. The summed E-state index contributed by atoms with van der Waals surface area (Å²) in [5.41, 5.74) is 4.06. The molecule has 140 valence electrons. The van der Waals surface area contributed by atoms with Crippen molar-refractivity contribution in [1.82, 2.24) is 25.4 Å². The van der Waals surface area contributed by atoms with Crippen LogP contribution in [0.4, 0.5) is 5.95 Å². The first-order chi connectivity index (χ1) is 13.7. The number of aromatic amines is 1. The second kappa shape index (κ2) is 9.14. The predicted octanol–water partition coefficient (Wildman–Crippen LogP) is 3.44. The molecule has 0 aliphatic rings. The van der Waals surface area contributed by atoms with E-state index in [4.69, 9.17) is 11.2 Å². The van der Waals surface area contributed by atoms with Gasteiger partial charge < -0.3 is 10.1 Å². The van der Waals surface area contributed by atoms with Crippen molar-refractivity contribution in [2.24, 2.45) is 0 Å². The van der Waals surface area contributed by atoms with E-state index in [2.05, 4.69) is 36.6 Å². The van der Waals surface area contributed by atoms with E-state index in [1.165, 1.54) is 7.11 Å². The summed E-state index contributed by atoms with van der Waals surface area (Å²) >= 11 is 0. The zero-order chi connectivity index (χ0) is 19.8. The average molecular weight is 372 g/mol. The highest BCUT2D eigenvalue weighted by atomic mass is 16.5. The molecule has 0 saturated heterocycles. The molecule has 0 atom stereocenters. The van der Waals surface area contributed by atoms with Crippen LogP contribution in [-0.4, -0.2) is 32.5 Å². The zero-order valence-electron chi connectivity index (χ0n) is 15.7. The first-order valence-corrected chi connectivity index (χ1v) is 8.66. The number of rotatable bonds is 7. The molecule has 2 aromatic heterocycles. The van der Waals surface area contributed by atoms with Crippen molar-refractivity contribution in [3.63, 3.8) is 0 Å². The molecule has 1 aromatic carbocycles. The van der Waals surface area contributed by atoms with E-state index in [9.17, 15) is 0 Å². The Bertz CT molecular complexity index is 1030. The number of methoxy groups -OCH3 is 1. The summed E-state index contributed by atoms with van der Waals surface area (Å²) in [5.74, 6) is 3.27. The van der Waals surface area contributed by atoms with Crippen LogP contribution in [0.1, 0.15) is 18.3 Å². The van der Waals surface area contributed by atoms with Gasteiger partial charge in [-0.05, 0) is 18.9 Å². The average Bonchev–Trinajstić information content (AvgIpc) is 3.22. The molecule has 0 bridgehead atoms. The Morgan fingerprint density at radius 3 is 2.86 bits per heavy atom. The Morgan fingerprint density at radius 2 is 2.14 bits per heavy atom. The van der Waals surface area contributed by atoms with Gasteiger partial charge in [-0.2, -0.15) is 10.2 Å². The molecule has 0 aliphatic carbocycles. The maximum Gasteiger partial charge on any atom is 0.243 e. The van der Waals surface area contributed by atoms with E-state index >= 15 is 0 Å². The lowest BCUT2D eigenvalue weighted by Gasteiger charge is -2.07. The highest BCUT2D eigenvalue weighted by Gasteiger charge is 2.10. The minimum Gasteiger partial charge on any atom is -0.488 e. The lowest BCUT2D eigenvalue weighted by atomic mass is 10.1. The van der Waals surface area contributed by atoms with Crippen LogP contribution in [0, 0.1) is 12.3 Å². The molecular formula is C21H20N6O. The van der Waals surface area contributed by atoms with E-state index in [0.717, 1.165) is 17.0 Å². The predicted molar refractivity (Wildman–Crippen MR) is 109 cm³/mol. The molecule has 3 rings (SSSR count). The summed E-state index contributed by atoms with van der Waals surface area (Å²) in [4.78, 5) is 4.48. The van der Waals surface area contributed by atoms with Gasteiger partial charge in [0.15, 0.2) is 5.76 Å². The maximum atomic E-state index is 5.52. The number of ether oxygens (including phenoxy) is 1. The third-order valence-electron chi connectivity index (χ3n) is 3.89. The number of hydrogen-bond donors (Lipinski definition) is 2. The Hall–Kier alpha value is -3.92. The number of H-pyrrole nitrogens is 1. The van der Waals surface area contributed by atoms with E-state index in [-0.39, 0.29) is 0 Å². The topological polar surface area (TPSA) is 88.6 Å². The van der Waals surface area contributed by atoms with Crippen LogP contribution in [0.15, 0.2) is 60.5 Å². The lowest BCUT2D eigenvalue weighted by Crippen LogP contribution is -2.07. The summed E-state index contributed by atoms with van der Waals surface area (Å²) in [6, 6.07) is 11.9. The first-order valence-electron chi connectivity index (χ1n) is 8.66. The van der Waals surface area contributed by atoms with Crippen LogP contribution in [-0.2, 0) is 11.3 Å². The fourth-order valence-electron chi connectivity index (χ4n) is 2.58. The minimum absolute atomic E-state index is 0.378. The summed E-state index contributed by atoms with van der Waals surface area (Å²) in [6.07, 6.45) is 10.7. The fraction of sp³-hybridized carbons (Fsp3) is 0.143. The molecule has 0 amide bonds. The molecule has 0 fully saturated rings. The van der Waals surface area contributed by atoms with Crippen LogP contribution >= 0.6 is 0 Å². The van der Waals surface area contributed by atoms with Crippen LogP contribution in [0.25, 0.3) is 16.8 Å². The van der Waals surface area contributed by atoms with Gasteiger partial charge in [0, 0.05) is 5.56 Å². The molecule has 3 aromatic rings. The van der Waals surface area contributed by atoms with Gasteiger partial charge in [-0.15, -0.1) is 11.5 Å². The molecule has 0 aliphatic heterocycles. The Kier molecular flexibility index (Phi) is 6.16. The van der Waals surface area contributed by atoms with Gasteiger partial charge in [-0.3, -0.25) is 5.10 Å². The smallest absolute Gasteiger partial charge is 0.243 e. The largest absolute Gasteiger partial charge is 0.488 e. The summed E-state index contributed by atoms with van der Waals surface area (Å²) < 4.78 is 5.25. The molecule has 2 heterocycles. The SMILES string of the molecule is C#CC(OC)=C(C=CC)c1cnnc(NCc2cc(-c3ccccc3)n[nH]2)n1. The van der Waals surface area contributed by atoms with Gasteiger partial charge in [0.05, 0.1) is 42.5 Å². The van der Waals surface area contributed by atoms with Crippen molar-refractivity contribution in [2.45, 2.75) is 13.5 Å². The lowest BCUT2D eigenvalue weighted by molar-refractivity contribution is 0.313. The maximum absolute atomic E-state index is 5.52. The molecule has 0 unspecified atom stereocenters. The second-order valence-corrected chi connectivity index (χ2v) is 5.75. The number of nitrogens with one attached hydrogen (secondary N) is 2. The van der Waals surface area contributed by atoms with E-state index in [0.29, 0.717) is 29.5 Å². The van der Waals surface area contributed by atoms with E-state index in [1.54, 1.807) is 6.20 Å². The van der Waals surface area contributed by atoms with Gasteiger partial charge in [0.1, 0.15) is 0 Å². The Morgan fingerprint density at radius 1 is 1.32 bits per heavy atom. The molecule has 7 nitrogen and oxygen atoms in total. The van der Waals surface area contributed by atoms with Crippen molar-refractivity contribution in [3.05, 3.63) is 71.9 Å². The van der Waals surface area contributed by atoms with Crippen molar-refractivity contribution in [2.75, 3.05) is 12.4 Å². The number of benzene rings is 1. The van der Waals surface area contributed by atoms with Crippen molar-refractivity contribution in [1.29, 1.82) is 0 Å². The third-order valence-corrected chi connectivity index (χ3v) is 3.89. The summed E-state index contributed by atoms with van der Waals surface area (Å²) in [7, 11) is 1.52. The minimum atomic E-state index is 0.378. The van der Waals surface area contributed by atoms with E-state index < -0.39 is 0 Å². The van der Waals surface area contributed by atoms with Crippen LogP contribution in [0.5, 0.6) is 0 Å². The number of anilines is 1. The molecule has 28 heavy (non-hydrogen) atoms. The van der Waals surface area contributed by atoms with Crippen LogP contribution < -0.4 is 5.32 Å². The number of aromatic nitrogens is 5. The second-order valence-electron chi connectivity index (χ2n) is 5.75. The molecule has 0 spiro atoms. The molecular weight excluding hydrogens is 352 g/mol. The summed E-state index contributed by atoms with van der Waals surface area (Å²) in [6.45, 7) is 2.36. The van der Waals surface area contributed by atoms with Crippen molar-refractivity contribution in [3.8, 4) is 23.6 Å². The first kappa shape index (κ1) is 18.9. The standard InChI is InChI=1S/C21H20N6O/c1-4-9-17(20(5-2)28-3)19-14-23-27-21(24-19)22-13-16-12-18(26-25-16)15-10-7-6-8-11-15/h2,4,6-12,14H,13H2,1,3H3,(H,25,26)(H,22,24,27). The van der Waals surface area contributed by atoms with Crippen LogP contribution in [0.2, 0.25) is 0 Å². The molecule has 0 radical (unpaired) electrons. The molecule has 0 saturated carbocycles.